The van der Waals surface area contributed by atoms with E-state index in [4.69, 9.17) is 16.3 Å². The third kappa shape index (κ3) is 3.83. The number of carbonyl (C=O) groups is 1. The molecule has 1 saturated carbocycles. The Kier molecular flexibility index (Phi) is 5.39. The van der Waals surface area contributed by atoms with Crippen LogP contribution in [0.25, 0.3) is 0 Å². The summed E-state index contributed by atoms with van der Waals surface area (Å²) in [5.41, 5.74) is -0.0399. The molecule has 0 spiro atoms. The molecule has 0 radical (unpaired) electrons. The van der Waals surface area contributed by atoms with Gasteiger partial charge in [-0.05, 0) is 49.8 Å². The first-order valence-corrected chi connectivity index (χ1v) is 7.96. The molecule has 1 aromatic rings. The number of hydrogen-bond donors (Lipinski definition) is 0. The van der Waals surface area contributed by atoms with Crippen LogP contribution in [-0.2, 0) is 16.0 Å². The molecule has 1 aliphatic carbocycles. The van der Waals surface area contributed by atoms with E-state index in [9.17, 15) is 9.18 Å². The van der Waals surface area contributed by atoms with E-state index in [1.165, 1.54) is 12.1 Å². The molecule has 0 heterocycles. The normalized spacial score (nSPS) is 25.8. The maximum absolute atomic E-state index is 13.5. The summed E-state index contributed by atoms with van der Waals surface area (Å²) in [6.07, 6.45) is 3.86. The summed E-state index contributed by atoms with van der Waals surface area (Å²) in [7, 11) is 0. The van der Waals surface area contributed by atoms with E-state index >= 15 is 0 Å². The average Bonchev–Trinajstić information content (AvgIpc) is 2.43. The summed E-state index contributed by atoms with van der Waals surface area (Å²) in [6, 6.07) is 4.54. The fourth-order valence-corrected chi connectivity index (χ4v) is 3.36. The van der Waals surface area contributed by atoms with Crippen LogP contribution in [0.5, 0.6) is 0 Å². The lowest BCUT2D eigenvalue weighted by Crippen LogP contribution is -2.46. The highest BCUT2D eigenvalue weighted by atomic mass is 35.5. The minimum atomic E-state index is -0.692. The zero-order valence-electron chi connectivity index (χ0n) is 12.6. The van der Waals surface area contributed by atoms with Gasteiger partial charge in [0.15, 0.2) is 5.78 Å². The largest absolute Gasteiger partial charge is 0.367 e. The van der Waals surface area contributed by atoms with Crippen LogP contribution in [0.15, 0.2) is 18.2 Å². The molecular formula is C17H22ClFO2. The number of ketones is 1. The summed E-state index contributed by atoms with van der Waals surface area (Å²) < 4.78 is 19.4. The van der Waals surface area contributed by atoms with Crippen LogP contribution in [0.4, 0.5) is 4.39 Å². The third-order valence-electron chi connectivity index (χ3n) is 4.23. The Morgan fingerprint density at radius 3 is 2.90 bits per heavy atom. The van der Waals surface area contributed by atoms with E-state index < -0.39 is 11.4 Å². The van der Waals surface area contributed by atoms with E-state index in [0.717, 1.165) is 25.7 Å². The minimum Gasteiger partial charge on any atom is -0.367 e. The van der Waals surface area contributed by atoms with Crippen molar-refractivity contribution >= 4 is 17.4 Å². The number of benzene rings is 1. The summed E-state index contributed by atoms with van der Waals surface area (Å²) in [5.74, 6) is 0.0539. The summed E-state index contributed by atoms with van der Waals surface area (Å²) in [4.78, 5) is 12.7. The van der Waals surface area contributed by atoms with Gasteiger partial charge in [-0.2, -0.15) is 0 Å². The highest BCUT2D eigenvalue weighted by molar-refractivity contribution is 6.30. The second kappa shape index (κ2) is 6.89. The first kappa shape index (κ1) is 16.4. The summed E-state index contributed by atoms with van der Waals surface area (Å²) in [5, 5.41) is 0.0806. The second-order valence-corrected chi connectivity index (χ2v) is 6.38. The minimum absolute atomic E-state index is 0.0534. The van der Waals surface area contributed by atoms with Gasteiger partial charge in [-0.3, -0.25) is 4.79 Å². The highest BCUT2D eigenvalue weighted by Gasteiger charge is 2.41. The Balaban J connectivity index is 2.16. The van der Waals surface area contributed by atoms with Gasteiger partial charge in [0, 0.05) is 13.0 Å². The van der Waals surface area contributed by atoms with Crippen LogP contribution in [0, 0.1) is 11.7 Å². The molecular weight excluding hydrogens is 291 g/mol. The molecule has 0 bridgehead atoms. The zero-order valence-corrected chi connectivity index (χ0v) is 13.4. The molecule has 0 amide bonds. The number of hydrogen-bond acceptors (Lipinski definition) is 2. The Labute approximate surface area is 130 Å². The first-order valence-electron chi connectivity index (χ1n) is 7.58. The molecule has 2 atom stereocenters. The lowest BCUT2D eigenvalue weighted by Gasteiger charge is -2.38. The van der Waals surface area contributed by atoms with Crippen molar-refractivity contribution in [3.05, 3.63) is 34.6 Å². The van der Waals surface area contributed by atoms with E-state index in [1.807, 2.05) is 6.92 Å². The standard InChI is InChI=1S/C17H22ClFO2/c1-3-21-17(8-4-5-12(2)11-17)16(20)10-13-6-7-14(18)15(19)9-13/h6-7,9,12H,3-5,8,10-11H2,1-2H3. The number of ether oxygens (including phenoxy) is 1. The van der Waals surface area contributed by atoms with Crippen molar-refractivity contribution in [3.63, 3.8) is 0 Å². The SMILES string of the molecule is CCOC1(C(=O)Cc2ccc(Cl)c(F)c2)CCCC(C)C1. The predicted octanol–water partition coefficient (Wildman–Crippen LogP) is 4.58. The smallest absolute Gasteiger partial charge is 0.168 e. The molecule has 2 nitrogen and oxygen atoms in total. The van der Waals surface area contributed by atoms with Gasteiger partial charge in [0.2, 0.25) is 0 Å². The molecule has 0 aliphatic heterocycles. The number of carbonyl (C=O) groups excluding carboxylic acids is 1. The Morgan fingerprint density at radius 1 is 1.52 bits per heavy atom. The van der Waals surface area contributed by atoms with E-state index in [2.05, 4.69) is 6.92 Å². The third-order valence-corrected chi connectivity index (χ3v) is 4.54. The Morgan fingerprint density at radius 2 is 2.29 bits per heavy atom. The zero-order chi connectivity index (χ0) is 15.5. The van der Waals surface area contributed by atoms with Gasteiger partial charge >= 0.3 is 0 Å². The molecule has 1 aliphatic rings. The molecule has 4 heteroatoms. The lowest BCUT2D eigenvalue weighted by atomic mass is 9.75. The number of rotatable bonds is 5. The lowest BCUT2D eigenvalue weighted by molar-refractivity contribution is -0.150. The van der Waals surface area contributed by atoms with Crippen LogP contribution >= 0.6 is 11.6 Å². The van der Waals surface area contributed by atoms with Gasteiger partial charge in [-0.1, -0.05) is 31.0 Å². The van der Waals surface area contributed by atoms with Crippen LogP contribution in [0.2, 0.25) is 5.02 Å². The predicted molar refractivity (Wildman–Crippen MR) is 82.1 cm³/mol. The first-order chi connectivity index (χ1) is 9.97. The molecule has 21 heavy (non-hydrogen) atoms. The summed E-state index contributed by atoms with van der Waals surface area (Å²) in [6.45, 7) is 4.59. The topological polar surface area (TPSA) is 26.3 Å². The van der Waals surface area contributed by atoms with Crippen molar-refractivity contribution in [2.24, 2.45) is 5.92 Å². The van der Waals surface area contributed by atoms with Crippen molar-refractivity contribution in [3.8, 4) is 0 Å². The number of Topliss-reactive ketones (excluding diaryl/α,β-unsaturated/α-hetero) is 1. The highest BCUT2D eigenvalue weighted by Crippen LogP contribution is 2.36. The maximum Gasteiger partial charge on any atom is 0.168 e. The molecule has 1 aromatic carbocycles. The van der Waals surface area contributed by atoms with Crippen molar-refractivity contribution < 1.29 is 13.9 Å². The maximum atomic E-state index is 13.5. The van der Waals surface area contributed by atoms with Crippen molar-refractivity contribution in [2.75, 3.05) is 6.61 Å². The molecule has 0 aromatic heterocycles. The van der Waals surface area contributed by atoms with Crippen molar-refractivity contribution in [2.45, 2.75) is 51.6 Å². The molecule has 0 saturated heterocycles. The number of halogens is 2. The van der Waals surface area contributed by atoms with E-state index in [1.54, 1.807) is 6.07 Å². The van der Waals surface area contributed by atoms with E-state index in [0.29, 0.717) is 18.1 Å². The van der Waals surface area contributed by atoms with Gasteiger partial charge in [0.25, 0.3) is 0 Å². The molecule has 116 valence electrons. The van der Waals surface area contributed by atoms with Crippen molar-refractivity contribution in [1.29, 1.82) is 0 Å². The van der Waals surface area contributed by atoms with Crippen LogP contribution in [0.3, 0.4) is 0 Å². The quantitative estimate of drug-likeness (QED) is 0.795. The van der Waals surface area contributed by atoms with Crippen LogP contribution in [-0.4, -0.2) is 18.0 Å². The molecule has 2 unspecified atom stereocenters. The van der Waals surface area contributed by atoms with Crippen LogP contribution in [0.1, 0.15) is 45.1 Å². The molecule has 0 N–H and O–H groups in total. The Hall–Kier alpha value is -0.930. The Bertz CT molecular complexity index is 514. The molecule has 2 rings (SSSR count). The second-order valence-electron chi connectivity index (χ2n) is 5.98. The fraction of sp³-hybridized carbons (Fsp3) is 0.588. The van der Waals surface area contributed by atoms with Gasteiger partial charge in [-0.15, -0.1) is 0 Å². The summed E-state index contributed by atoms with van der Waals surface area (Å²) >= 11 is 5.68. The van der Waals surface area contributed by atoms with Crippen molar-refractivity contribution in [1.82, 2.24) is 0 Å². The van der Waals surface area contributed by atoms with Crippen LogP contribution < -0.4 is 0 Å². The fourth-order valence-electron chi connectivity index (χ4n) is 3.24. The van der Waals surface area contributed by atoms with Gasteiger partial charge in [-0.25, -0.2) is 4.39 Å². The van der Waals surface area contributed by atoms with Gasteiger partial charge in [0.05, 0.1) is 5.02 Å². The van der Waals surface area contributed by atoms with Gasteiger partial charge < -0.3 is 4.74 Å². The van der Waals surface area contributed by atoms with Gasteiger partial charge in [0.1, 0.15) is 11.4 Å². The monoisotopic (exact) mass is 312 g/mol. The van der Waals surface area contributed by atoms with E-state index in [-0.39, 0.29) is 17.2 Å². The average molecular weight is 313 g/mol. The molecule has 1 fully saturated rings.